The van der Waals surface area contributed by atoms with Crippen molar-refractivity contribution in [2.24, 2.45) is 5.73 Å². The van der Waals surface area contributed by atoms with E-state index >= 15 is 0 Å². The van der Waals surface area contributed by atoms with Crippen molar-refractivity contribution >= 4 is 11.0 Å². The van der Waals surface area contributed by atoms with Crippen molar-refractivity contribution in [3.63, 3.8) is 0 Å². The largest absolute Gasteiger partial charge is 0.497 e. The van der Waals surface area contributed by atoms with Gasteiger partial charge < -0.3 is 15.0 Å². The molecule has 4 heteroatoms. The Bertz CT molecular complexity index is 543. The highest BCUT2D eigenvalue weighted by atomic mass is 16.5. The van der Waals surface area contributed by atoms with Crippen LogP contribution in [0.2, 0.25) is 0 Å². The zero-order valence-electron chi connectivity index (χ0n) is 10.0. The molecule has 90 valence electrons. The maximum Gasteiger partial charge on any atom is 0.121 e. The minimum absolute atomic E-state index is 0.634. The maximum absolute atomic E-state index is 5.65. The van der Waals surface area contributed by atoms with Crippen LogP contribution in [0.5, 0.6) is 5.75 Å². The summed E-state index contributed by atoms with van der Waals surface area (Å²) in [5, 5.41) is 0. The number of aromatic nitrogens is 2. The highest BCUT2D eigenvalue weighted by Gasteiger charge is 2.27. The Balaban J connectivity index is 2.15. The first-order valence-electron chi connectivity index (χ1n) is 6.08. The van der Waals surface area contributed by atoms with Gasteiger partial charge in [-0.05, 0) is 31.5 Å². The molecule has 0 bridgehead atoms. The predicted molar refractivity (Wildman–Crippen MR) is 67.3 cm³/mol. The number of imidazole rings is 1. The van der Waals surface area contributed by atoms with Gasteiger partial charge in [0, 0.05) is 18.5 Å². The summed E-state index contributed by atoms with van der Waals surface area (Å²) in [5.74, 6) is 1.97. The van der Waals surface area contributed by atoms with Crippen LogP contribution in [0, 0.1) is 0 Å². The number of nitrogens with zero attached hydrogens (tertiary/aromatic N) is 2. The topological polar surface area (TPSA) is 53.1 Å². The Hall–Kier alpha value is -1.55. The van der Waals surface area contributed by atoms with Crippen molar-refractivity contribution < 1.29 is 4.74 Å². The van der Waals surface area contributed by atoms with Gasteiger partial charge >= 0.3 is 0 Å². The summed E-state index contributed by atoms with van der Waals surface area (Å²) in [6, 6.07) is 6.72. The summed E-state index contributed by atoms with van der Waals surface area (Å²) >= 11 is 0. The first-order chi connectivity index (χ1) is 8.33. The van der Waals surface area contributed by atoms with Crippen LogP contribution in [-0.4, -0.2) is 23.2 Å². The molecular weight excluding hydrogens is 214 g/mol. The van der Waals surface area contributed by atoms with Gasteiger partial charge in [-0.2, -0.15) is 0 Å². The van der Waals surface area contributed by atoms with Crippen LogP contribution >= 0.6 is 0 Å². The lowest BCUT2D eigenvalue weighted by Gasteiger charge is -2.06. The fourth-order valence-corrected chi connectivity index (χ4v) is 2.30. The molecule has 1 saturated carbocycles. The molecule has 2 aromatic rings. The summed E-state index contributed by atoms with van der Waals surface area (Å²) in [4.78, 5) is 4.68. The number of benzene rings is 1. The molecule has 0 spiro atoms. The molecule has 1 aliphatic carbocycles. The molecule has 1 aromatic carbocycles. The number of rotatable bonds is 4. The standard InChI is InChI=1S/C13H17N3O/c1-17-10-4-5-12-11(8-10)15-13(6-7-14)16(12)9-2-3-9/h4-5,8-9H,2-3,6-7,14H2,1H3. The van der Waals surface area contributed by atoms with E-state index in [0.29, 0.717) is 12.6 Å². The highest BCUT2D eigenvalue weighted by Crippen LogP contribution is 2.39. The molecule has 0 unspecified atom stereocenters. The van der Waals surface area contributed by atoms with Gasteiger partial charge in [-0.25, -0.2) is 4.98 Å². The second kappa shape index (κ2) is 4.04. The normalized spacial score (nSPS) is 15.4. The molecule has 3 rings (SSSR count). The lowest BCUT2D eigenvalue weighted by molar-refractivity contribution is 0.415. The zero-order valence-corrected chi connectivity index (χ0v) is 10.0. The number of hydrogen-bond acceptors (Lipinski definition) is 3. The fourth-order valence-electron chi connectivity index (χ4n) is 2.30. The average Bonchev–Trinajstić information content (AvgIpc) is 3.11. The molecule has 4 nitrogen and oxygen atoms in total. The second-order valence-electron chi connectivity index (χ2n) is 4.52. The van der Waals surface area contributed by atoms with Gasteiger partial charge in [0.05, 0.1) is 18.1 Å². The van der Waals surface area contributed by atoms with Crippen molar-refractivity contribution in [2.45, 2.75) is 25.3 Å². The van der Waals surface area contributed by atoms with E-state index in [1.54, 1.807) is 7.11 Å². The quantitative estimate of drug-likeness (QED) is 0.874. The Morgan fingerprint density at radius 2 is 2.29 bits per heavy atom. The van der Waals surface area contributed by atoms with Gasteiger partial charge in [0.1, 0.15) is 11.6 Å². The molecule has 2 N–H and O–H groups in total. The van der Waals surface area contributed by atoms with Gasteiger partial charge in [-0.3, -0.25) is 0 Å². The van der Waals surface area contributed by atoms with E-state index in [4.69, 9.17) is 10.5 Å². The van der Waals surface area contributed by atoms with E-state index in [1.807, 2.05) is 12.1 Å². The lowest BCUT2D eigenvalue weighted by Crippen LogP contribution is -2.09. The van der Waals surface area contributed by atoms with E-state index < -0.39 is 0 Å². The van der Waals surface area contributed by atoms with E-state index in [-0.39, 0.29) is 0 Å². The van der Waals surface area contributed by atoms with E-state index in [9.17, 15) is 0 Å². The summed E-state index contributed by atoms with van der Waals surface area (Å²) in [6.45, 7) is 0.646. The molecular formula is C13H17N3O. The molecule has 17 heavy (non-hydrogen) atoms. The Labute approximate surface area is 100 Å². The number of fused-ring (bicyclic) bond motifs is 1. The molecule has 0 atom stereocenters. The number of ether oxygens (including phenoxy) is 1. The monoisotopic (exact) mass is 231 g/mol. The van der Waals surface area contributed by atoms with Gasteiger partial charge in [-0.1, -0.05) is 0 Å². The third-order valence-corrected chi connectivity index (χ3v) is 3.25. The van der Waals surface area contributed by atoms with E-state index in [0.717, 1.165) is 23.5 Å². The van der Waals surface area contributed by atoms with Crippen molar-refractivity contribution in [1.29, 1.82) is 0 Å². The smallest absolute Gasteiger partial charge is 0.121 e. The molecule has 1 aliphatic rings. The van der Waals surface area contributed by atoms with E-state index in [1.165, 1.54) is 18.4 Å². The minimum atomic E-state index is 0.634. The van der Waals surface area contributed by atoms with Gasteiger partial charge in [0.15, 0.2) is 0 Å². The van der Waals surface area contributed by atoms with Crippen molar-refractivity contribution in [1.82, 2.24) is 9.55 Å². The molecule has 0 aliphatic heterocycles. The first-order valence-corrected chi connectivity index (χ1v) is 6.08. The Morgan fingerprint density at radius 3 is 2.94 bits per heavy atom. The predicted octanol–water partition coefficient (Wildman–Crippen LogP) is 1.88. The fraction of sp³-hybridized carbons (Fsp3) is 0.462. The average molecular weight is 231 g/mol. The van der Waals surface area contributed by atoms with Crippen LogP contribution in [0.3, 0.4) is 0 Å². The Kier molecular flexibility index (Phi) is 2.52. The van der Waals surface area contributed by atoms with Crippen molar-refractivity contribution in [2.75, 3.05) is 13.7 Å². The maximum atomic E-state index is 5.65. The third-order valence-electron chi connectivity index (χ3n) is 3.25. The molecule has 0 saturated heterocycles. The molecule has 0 radical (unpaired) electrons. The SMILES string of the molecule is COc1ccc2c(c1)nc(CCN)n2C1CC1. The van der Waals surface area contributed by atoms with Crippen molar-refractivity contribution in [3.05, 3.63) is 24.0 Å². The van der Waals surface area contributed by atoms with Crippen LogP contribution < -0.4 is 10.5 Å². The zero-order chi connectivity index (χ0) is 11.8. The first kappa shape index (κ1) is 10.6. The van der Waals surface area contributed by atoms with Crippen LogP contribution in [0.4, 0.5) is 0 Å². The summed E-state index contributed by atoms with van der Waals surface area (Å²) < 4.78 is 7.58. The summed E-state index contributed by atoms with van der Waals surface area (Å²) in [7, 11) is 1.68. The van der Waals surface area contributed by atoms with Crippen LogP contribution in [0.1, 0.15) is 24.7 Å². The lowest BCUT2D eigenvalue weighted by atomic mass is 10.3. The van der Waals surface area contributed by atoms with Crippen LogP contribution in [0.15, 0.2) is 18.2 Å². The van der Waals surface area contributed by atoms with E-state index in [2.05, 4.69) is 15.6 Å². The van der Waals surface area contributed by atoms with Gasteiger partial charge in [0.2, 0.25) is 0 Å². The molecule has 1 heterocycles. The summed E-state index contributed by atoms with van der Waals surface area (Å²) in [6.07, 6.45) is 3.36. The second-order valence-corrected chi connectivity index (χ2v) is 4.52. The third kappa shape index (κ3) is 1.78. The number of methoxy groups -OCH3 is 1. The minimum Gasteiger partial charge on any atom is -0.497 e. The van der Waals surface area contributed by atoms with Crippen LogP contribution in [0.25, 0.3) is 11.0 Å². The van der Waals surface area contributed by atoms with Crippen LogP contribution in [-0.2, 0) is 6.42 Å². The molecule has 1 aromatic heterocycles. The summed E-state index contributed by atoms with van der Waals surface area (Å²) in [5.41, 5.74) is 7.87. The number of nitrogens with two attached hydrogens (primary N) is 1. The number of hydrogen-bond donors (Lipinski definition) is 1. The Morgan fingerprint density at radius 1 is 1.47 bits per heavy atom. The van der Waals surface area contributed by atoms with Crippen molar-refractivity contribution in [3.8, 4) is 5.75 Å². The molecule has 0 amide bonds. The highest BCUT2D eigenvalue weighted by molar-refractivity contribution is 5.78. The van der Waals surface area contributed by atoms with Gasteiger partial charge in [-0.15, -0.1) is 0 Å². The van der Waals surface area contributed by atoms with Gasteiger partial charge in [0.25, 0.3) is 0 Å². The molecule has 1 fully saturated rings.